The molecule has 220 valence electrons. The van der Waals surface area contributed by atoms with Crippen molar-refractivity contribution in [1.82, 2.24) is 9.62 Å². The summed E-state index contributed by atoms with van der Waals surface area (Å²) in [5.74, 6) is 0.645. The van der Waals surface area contributed by atoms with Crippen LogP contribution in [0.4, 0.5) is 9.59 Å². The van der Waals surface area contributed by atoms with Crippen LogP contribution in [0.25, 0.3) is 0 Å². The van der Waals surface area contributed by atoms with Gasteiger partial charge in [-0.1, -0.05) is 12.1 Å². The third kappa shape index (κ3) is 10.3. The van der Waals surface area contributed by atoms with Gasteiger partial charge in [0.05, 0.1) is 25.0 Å². The Balaban J connectivity index is 1.64. The van der Waals surface area contributed by atoms with Crippen LogP contribution in [0.2, 0.25) is 0 Å². The molecular formula is C28H44N2O8S. The highest BCUT2D eigenvalue weighted by molar-refractivity contribution is 7.88. The Morgan fingerprint density at radius 3 is 2.36 bits per heavy atom. The molecule has 3 rings (SSSR count). The van der Waals surface area contributed by atoms with Gasteiger partial charge in [0.2, 0.25) is 10.0 Å². The number of carbonyl (C=O) groups excluding carboxylic acids is 2. The lowest BCUT2D eigenvalue weighted by Crippen LogP contribution is -2.59. The third-order valence-corrected chi connectivity index (χ3v) is 7.31. The van der Waals surface area contributed by atoms with Crippen molar-refractivity contribution >= 4 is 22.3 Å². The molecule has 1 aliphatic carbocycles. The summed E-state index contributed by atoms with van der Waals surface area (Å²) in [6.45, 7) is 11.4. The largest absolute Gasteiger partial charge is 0.514 e. The quantitative estimate of drug-likeness (QED) is 0.362. The lowest BCUT2D eigenvalue weighted by Gasteiger charge is -2.41. The monoisotopic (exact) mass is 568 g/mol. The number of ether oxygens (including phenoxy) is 4. The SMILES string of the molecule is CC(C)(C)OC(=O)Oc1cccc([C@H]2CCC(OC[C@H]3[C@@H](NS(C)(=O)=O)CCCN3C(=O)OC(C)(C)C)C2)c1. The summed E-state index contributed by atoms with van der Waals surface area (Å²) in [5.41, 5.74) is -0.260. The number of amides is 1. The highest BCUT2D eigenvalue weighted by atomic mass is 32.2. The fourth-order valence-corrected chi connectivity index (χ4v) is 5.88. The first kappa shape index (κ1) is 31.2. The van der Waals surface area contributed by atoms with E-state index in [9.17, 15) is 18.0 Å². The predicted molar refractivity (Wildman–Crippen MR) is 147 cm³/mol. The van der Waals surface area contributed by atoms with Gasteiger partial charge in [0, 0.05) is 12.6 Å². The van der Waals surface area contributed by atoms with Gasteiger partial charge in [0.25, 0.3) is 0 Å². The van der Waals surface area contributed by atoms with Crippen LogP contribution in [-0.2, 0) is 24.2 Å². The van der Waals surface area contributed by atoms with Crippen molar-refractivity contribution in [2.75, 3.05) is 19.4 Å². The molecule has 1 aromatic carbocycles. The molecule has 1 amide bonds. The smallest absolute Gasteiger partial charge is 0.444 e. The highest BCUT2D eigenvalue weighted by Gasteiger charge is 2.39. The molecular weight excluding hydrogens is 524 g/mol. The number of likely N-dealkylation sites (tertiary alicyclic amines) is 1. The highest BCUT2D eigenvalue weighted by Crippen LogP contribution is 2.37. The fourth-order valence-electron chi connectivity index (χ4n) is 5.05. The maximum Gasteiger partial charge on any atom is 0.514 e. The molecule has 2 fully saturated rings. The fraction of sp³-hybridized carbons (Fsp3) is 0.714. The van der Waals surface area contributed by atoms with Crippen LogP contribution < -0.4 is 9.46 Å². The Morgan fingerprint density at radius 2 is 1.72 bits per heavy atom. The van der Waals surface area contributed by atoms with Crippen molar-refractivity contribution in [3.63, 3.8) is 0 Å². The number of carbonyl (C=O) groups is 2. The summed E-state index contributed by atoms with van der Waals surface area (Å²) in [5, 5.41) is 0. The van der Waals surface area contributed by atoms with E-state index in [4.69, 9.17) is 18.9 Å². The molecule has 0 aromatic heterocycles. The van der Waals surface area contributed by atoms with Crippen LogP contribution in [0, 0.1) is 0 Å². The first-order chi connectivity index (χ1) is 18.0. The zero-order valence-electron chi connectivity index (χ0n) is 24.2. The summed E-state index contributed by atoms with van der Waals surface area (Å²) in [6, 6.07) is 6.50. The molecule has 0 bridgehead atoms. The van der Waals surface area contributed by atoms with Gasteiger partial charge in [0.15, 0.2) is 0 Å². The first-order valence-electron chi connectivity index (χ1n) is 13.6. The summed E-state index contributed by atoms with van der Waals surface area (Å²) < 4.78 is 49.3. The van der Waals surface area contributed by atoms with Gasteiger partial charge in [-0.25, -0.2) is 22.7 Å². The van der Waals surface area contributed by atoms with Gasteiger partial charge in [0.1, 0.15) is 17.0 Å². The molecule has 1 unspecified atom stereocenters. The van der Waals surface area contributed by atoms with Gasteiger partial charge in [-0.05, 0) is 97.3 Å². The number of nitrogens with zero attached hydrogens (tertiary/aromatic N) is 1. The second-order valence-electron chi connectivity index (χ2n) is 12.5. The Kier molecular flexibility index (Phi) is 9.93. The van der Waals surface area contributed by atoms with Gasteiger partial charge < -0.3 is 23.8 Å². The minimum atomic E-state index is -3.48. The van der Waals surface area contributed by atoms with Gasteiger partial charge >= 0.3 is 12.2 Å². The molecule has 39 heavy (non-hydrogen) atoms. The second kappa shape index (κ2) is 12.4. The van der Waals surface area contributed by atoms with Crippen LogP contribution in [0.1, 0.15) is 85.1 Å². The molecule has 1 aromatic rings. The Morgan fingerprint density at radius 1 is 1.03 bits per heavy atom. The number of sulfonamides is 1. The molecule has 1 heterocycles. The molecule has 0 spiro atoms. The Labute approximate surface area is 232 Å². The lowest BCUT2D eigenvalue weighted by atomic mass is 9.97. The van der Waals surface area contributed by atoms with E-state index >= 15 is 0 Å². The van der Waals surface area contributed by atoms with E-state index in [1.54, 1.807) is 52.5 Å². The second-order valence-corrected chi connectivity index (χ2v) is 14.3. The summed E-state index contributed by atoms with van der Waals surface area (Å²) in [4.78, 5) is 26.6. The van der Waals surface area contributed by atoms with Crippen LogP contribution in [0.3, 0.4) is 0 Å². The van der Waals surface area contributed by atoms with Crippen LogP contribution in [0.5, 0.6) is 5.75 Å². The third-order valence-electron chi connectivity index (χ3n) is 6.58. The average molecular weight is 569 g/mol. The van der Waals surface area contributed by atoms with Crippen LogP contribution in [0.15, 0.2) is 24.3 Å². The van der Waals surface area contributed by atoms with Crippen LogP contribution >= 0.6 is 0 Å². The minimum absolute atomic E-state index is 0.0493. The maximum absolute atomic E-state index is 13.0. The van der Waals surface area contributed by atoms with E-state index in [0.717, 1.165) is 31.1 Å². The minimum Gasteiger partial charge on any atom is -0.444 e. The molecule has 10 nitrogen and oxygen atoms in total. The molecule has 1 aliphatic heterocycles. The lowest BCUT2D eigenvalue weighted by molar-refractivity contribution is -0.0292. The molecule has 1 N–H and O–H groups in total. The number of rotatable bonds is 7. The normalized spacial score (nSPS) is 24.3. The predicted octanol–water partition coefficient (Wildman–Crippen LogP) is 4.97. The first-order valence-corrected chi connectivity index (χ1v) is 15.5. The van der Waals surface area contributed by atoms with E-state index in [0.29, 0.717) is 25.1 Å². The van der Waals surface area contributed by atoms with E-state index < -0.39 is 45.6 Å². The number of piperidine rings is 1. The van der Waals surface area contributed by atoms with E-state index in [1.165, 1.54) is 0 Å². The van der Waals surface area contributed by atoms with Crippen molar-refractivity contribution in [2.24, 2.45) is 0 Å². The summed E-state index contributed by atoms with van der Waals surface area (Å²) >= 11 is 0. The van der Waals surface area contributed by atoms with E-state index in [1.807, 2.05) is 18.2 Å². The summed E-state index contributed by atoms with van der Waals surface area (Å²) in [7, 11) is -3.48. The molecule has 11 heteroatoms. The molecule has 1 saturated carbocycles. The van der Waals surface area contributed by atoms with Crippen LogP contribution in [-0.4, -0.2) is 74.4 Å². The topological polar surface area (TPSA) is 120 Å². The number of hydrogen-bond donors (Lipinski definition) is 1. The van der Waals surface area contributed by atoms with Crippen molar-refractivity contribution in [3.8, 4) is 5.75 Å². The molecule has 4 atom stereocenters. The van der Waals surface area contributed by atoms with Gasteiger partial charge in [-0.3, -0.25) is 0 Å². The van der Waals surface area contributed by atoms with Crippen molar-refractivity contribution in [3.05, 3.63) is 29.8 Å². The van der Waals surface area contributed by atoms with Crippen molar-refractivity contribution in [2.45, 2.75) is 109 Å². The van der Waals surface area contributed by atoms with Crippen molar-refractivity contribution in [1.29, 1.82) is 0 Å². The number of hydrogen-bond acceptors (Lipinski definition) is 8. The van der Waals surface area contributed by atoms with E-state index in [2.05, 4.69) is 4.72 Å². The molecule has 2 aliphatic rings. The average Bonchev–Trinajstić information content (AvgIpc) is 3.24. The van der Waals surface area contributed by atoms with Crippen molar-refractivity contribution < 1.29 is 37.0 Å². The molecule has 0 radical (unpaired) electrons. The van der Waals surface area contributed by atoms with Gasteiger partial charge in [-0.15, -0.1) is 0 Å². The van der Waals surface area contributed by atoms with E-state index in [-0.39, 0.29) is 18.6 Å². The standard InChI is InChI=1S/C28H44N2O8S/c1-27(2,3)37-25(31)30-15-9-12-23(29-39(7,33)34)24(30)18-35-21-14-13-20(16-21)19-10-8-11-22(17-19)36-26(32)38-28(4,5)6/h8,10-11,17,20-21,23-24,29H,9,12-16,18H2,1-7H3/t20-,21?,23-,24-/m0/s1. The Bertz CT molecular complexity index is 1110. The Hall–Kier alpha value is -2.37. The zero-order chi connectivity index (χ0) is 29.0. The van der Waals surface area contributed by atoms with Gasteiger partial charge in [-0.2, -0.15) is 0 Å². The number of nitrogens with one attached hydrogen (secondary N) is 1. The molecule has 1 saturated heterocycles. The number of benzene rings is 1. The summed E-state index contributed by atoms with van der Waals surface area (Å²) in [6.07, 6.45) is 3.62. The maximum atomic E-state index is 13.0. The zero-order valence-corrected chi connectivity index (χ0v) is 25.0.